The van der Waals surface area contributed by atoms with Gasteiger partial charge in [-0.1, -0.05) is 18.6 Å². The van der Waals surface area contributed by atoms with Crippen LogP contribution in [0.25, 0.3) is 16.6 Å². The highest BCUT2D eigenvalue weighted by atomic mass is 16.5. The molecule has 0 radical (unpaired) electrons. The third-order valence-electron chi connectivity index (χ3n) is 7.33. The SMILES string of the molecule is Cc1ccc(COc2cnn(-c3ccc4c5c(n(C)c4c3)CC3CCCC5NC3)c(=O)c2)cn1. The number of hydrogen-bond donors (Lipinski definition) is 1. The number of benzene rings is 1. The van der Waals surface area contributed by atoms with Crippen LogP contribution in [0.2, 0.25) is 0 Å². The zero-order valence-electron chi connectivity index (χ0n) is 19.6. The molecule has 5 heterocycles. The summed E-state index contributed by atoms with van der Waals surface area (Å²) in [5, 5.41) is 9.48. The quantitative estimate of drug-likeness (QED) is 0.504. The summed E-state index contributed by atoms with van der Waals surface area (Å²) in [5.74, 6) is 1.15. The lowest BCUT2D eigenvalue weighted by Crippen LogP contribution is -2.22. The molecule has 2 atom stereocenters. The summed E-state index contributed by atoms with van der Waals surface area (Å²) in [7, 11) is 2.15. The lowest BCUT2D eigenvalue weighted by molar-refractivity contribution is 0.302. The number of fused-ring (bicyclic) bond motifs is 7. The Bertz CT molecular complexity index is 1420. The maximum absolute atomic E-state index is 12.9. The first-order chi connectivity index (χ1) is 16.6. The van der Waals surface area contributed by atoms with E-state index in [1.807, 2.05) is 25.1 Å². The monoisotopic (exact) mass is 455 g/mol. The summed E-state index contributed by atoms with van der Waals surface area (Å²) < 4.78 is 9.54. The van der Waals surface area contributed by atoms with Crippen LogP contribution in [-0.2, 0) is 20.1 Å². The summed E-state index contributed by atoms with van der Waals surface area (Å²) in [6.45, 7) is 3.39. The molecule has 174 valence electrons. The summed E-state index contributed by atoms with van der Waals surface area (Å²) in [6, 6.07) is 12.1. The van der Waals surface area contributed by atoms with Gasteiger partial charge in [-0.3, -0.25) is 9.78 Å². The third-order valence-corrected chi connectivity index (χ3v) is 7.33. The van der Waals surface area contributed by atoms with Crippen molar-refractivity contribution in [3.8, 4) is 11.4 Å². The molecule has 2 aliphatic rings. The van der Waals surface area contributed by atoms with Gasteiger partial charge in [0.1, 0.15) is 12.4 Å². The van der Waals surface area contributed by atoms with E-state index >= 15 is 0 Å². The van der Waals surface area contributed by atoms with Gasteiger partial charge >= 0.3 is 0 Å². The molecule has 34 heavy (non-hydrogen) atoms. The number of aromatic nitrogens is 4. The van der Waals surface area contributed by atoms with Crippen LogP contribution in [0.4, 0.5) is 0 Å². The van der Waals surface area contributed by atoms with Crippen molar-refractivity contribution >= 4 is 10.9 Å². The number of hydrogen-bond acceptors (Lipinski definition) is 5. The molecular formula is C27H29N5O2. The van der Waals surface area contributed by atoms with Gasteiger partial charge in [0.05, 0.1) is 17.4 Å². The fourth-order valence-corrected chi connectivity index (χ4v) is 5.51. The van der Waals surface area contributed by atoms with Crippen LogP contribution in [0.5, 0.6) is 5.75 Å². The molecule has 3 aromatic heterocycles. The highest BCUT2D eigenvalue weighted by Gasteiger charge is 2.31. The van der Waals surface area contributed by atoms with Gasteiger partial charge in [0.25, 0.3) is 5.56 Å². The Kier molecular flexibility index (Phi) is 5.21. The summed E-state index contributed by atoms with van der Waals surface area (Å²) in [4.78, 5) is 17.2. The van der Waals surface area contributed by atoms with Gasteiger partial charge in [0, 0.05) is 47.7 Å². The molecule has 2 unspecified atom stereocenters. The zero-order chi connectivity index (χ0) is 23.2. The topological polar surface area (TPSA) is 74.0 Å². The van der Waals surface area contributed by atoms with Crippen molar-refractivity contribution < 1.29 is 4.74 Å². The number of nitrogens with zero attached hydrogens (tertiary/aromatic N) is 4. The molecule has 6 rings (SSSR count). The maximum Gasteiger partial charge on any atom is 0.275 e. The Morgan fingerprint density at radius 1 is 1.15 bits per heavy atom. The van der Waals surface area contributed by atoms with Crippen molar-refractivity contribution in [1.82, 2.24) is 24.6 Å². The van der Waals surface area contributed by atoms with Gasteiger partial charge in [0.15, 0.2) is 0 Å². The van der Waals surface area contributed by atoms with Gasteiger partial charge in [-0.25, -0.2) is 0 Å². The summed E-state index contributed by atoms with van der Waals surface area (Å²) >= 11 is 0. The van der Waals surface area contributed by atoms with Gasteiger partial charge in [0.2, 0.25) is 0 Å². The zero-order valence-corrected chi connectivity index (χ0v) is 19.6. The van der Waals surface area contributed by atoms with Crippen LogP contribution in [0.15, 0.2) is 53.6 Å². The van der Waals surface area contributed by atoms with E-state index in [-0.39, 0.29) is 5.56 Å². The van der Waals surface area contributed by atoms with E-state index in [0.717, 1.165) is 35.4 Å². The maximum atomic E-state index is 12.9. The minimum absolute atomic E-state index is 0.216. The first kappa shape index (κ1) is 21.1. The Morgan fingerprint density at radius 2 is 2.06 bits per heavy atom. The average Bonchev–Trinajstić information content (AvgIpc) is 3.02. The van der Waals surface area contributed by atoms with E-state index in [9.17, 15) is 4.79 Å². The van der Waals surface area contributed by atoms with E-state index in [1.54, 1.807) is 12.4 Å². The molecule has 1 fully saturated rings. The smallest absolute Gasteiger partial charge is 0.275 e. The molecule has 0 aliphatic carbocycles. The highest BCUT2D eigenvalue weighted by molar-refractivity contribution is 5.88. The molecular weight excluding hydrogens is 426 g/mol. The molecule has 0 saturated carbocycles. The van der Waals surface area contributed by atoms with Crippen molar-refractivity contribution in [2.75, 3.05) is 6.54 Å². The van der Waals surface area contributed by atoms with Crippen molar-refractivity contribution in [3.05, 3.63) is 81.7 Å². The molecule has 1 saturated heterocycles. The molecule has 0 amide bonds. The summed E-state index contributed by atoms with van der Waals surface area (Å²) in [6.07, 6.45) is 8.25. The lowest BCUT2D eigenvalue weighted by atomic mass is 9.90. The largest absolute Gasteiger partial charge is 0.487 e. The third kappa shape index (κ3) is 3.70. The summed E-state index contributed by atoms with van der Waals surface area (Å²) in [5.41, 5.74) is 6.48. The van der Waals surface area contributed by atoms with Crippen LogP contribution in [0.1, 0.15) is 47.8 Å². The van der Waals surface area contributed by atoms with Crippen molar-refractivity contribution in [3.63, 3.8) is 0 Å². The van der Waals surface area contributed by atoms with E-state index in [4.69, 9.17) is 4.74 Å². The van der Waals surface area contributed by atoms with Gasteiger partial charge < -0.3 is 14.6 Å². The van der Waals surface area contributed by atoms with E-state index in [1.165, 1.54) is 46.7 Å². The van der Waals surface area contributed by atoms with Crippen LogP contribution in [0, 0.1) is 12.8 Å². The predicted molar refractivity (Wildman–Crippen MR) is 131 cm³/mol. The fourth-order valence-electron chi connectivity index (χ4n) is 5.51. The van der Waals surface area contributed by atoms with Gasteiger partial charge in [-0.05, 0) is 62.4 Å². The second-order valence-electron chi connectivity index (χ2n) is 9.62. The minimum atomic E-state index is -0.216. The van der Waals surface area contributed by atoms with Gasteiger partial charge in [-0.2, -0.15) is 9.78 Å². The minimum Gasteiger partial charge on any atom is -0.487 e. The second kappa shape index (κ2) is 8.40. The molecule has 1 aromatic carbocycles. The van der Waals surface area contributed by atoms with Crippen molar-refractivity contribution in [2.45, 2.75) is 45.3 Å². The molecule has 7 nitrogen and oxygen atoms in total. The fraction of sp³-hybridized carbons (Fsp3) is 0.370. The number of aryl methyl sites for hydroxylation is 2. The highest BCUT2D eigenvalue weighted by Crippen LogP contribution is 2.39. The Labute approximate surface area is 198 Å². The molecule has 4 aromatic rings. The van der Waals surface area contributed by atoms with Crippen LogP contribution in [0.3, 0.4) is 0 Å². The van der Waals surface area contributed by atoms with Crippen molar-refractivity contribution in [2.24, 2.45) is 13.0 Å². The second-order valence-corrected chi connectivity index (χ2v) is 9.62. The molecule has 7 heteroatoms. The lowest BCUT2D eigenvalue weighted by Gasteiger charge is -2.17. The Morgan fingerprint density at radius 3 is 2.88 bits per heavy atom. The number of nitrogens with one attached hydrogen (secondary N) is 1. The van der Waals surface area contributed by atoms with Crippen molar-refractivity contribution in [1.29, 1.82) is 0 Å². The molecule has 2 bridgehead atoms. The number of rotatable bonds is 4. The molecule has 2 aliphatic heterocycles. The standard InChI is InChI=1S/C27H29N5O2/c1-17-6-7-19(14-28-17)16-34-21-12-26(33)32(30-15-21)20-8-9-22-24(11-20)31(2)25-10-18-4-3-5-23(27(22)25)29-13-18/h6-9,11-12,14-15,18,23,29H,3-5,10,13,16H2,1-2H3. The number of pyridine rings is 1. The number of ether oxygens (including phenoxy) is 1. The first-order valence-corrected chi connectivity index (χ1v) is 12.1. The average molecular weight is 456 g/mol. The van der Waals surface area contributed by atoms with E-state index < -0.39 is 0 Å². The van der Waals surface area contributed by atoms with E-state index in [0.29, 0.717) is 24.3 Å². The molecule has 0 spiro atoms. The van der Waals surface area contributed by atoms with Crippen LogP contribution < -0.4 is 15.6 Å². The van der Waals surface area contributed by atoms with Crippen LogP contribution in [-0.4, -0.2) is 25.9 Å². The molecule has 1 N–H and O–H groups in total. The Balaban J connectivity index is 1.31. The van der Waals surface area contributed by atoms with Crippen LogP contribution >= 0.6 is 0 Å². The first-order valence-electron chi connectivity index (χ1n) is 12.1. The van der Waals surface area contributed by atoms with Gasteiger partial charge in [-0.15, -0.1) is 0 Å². The van der Waals surface area contributed by atoms with E-state index in [2.05, 4.69) is 39.1 Å². The normalized spacial score (nSPS) is 19.6. The predicted octanol–water partition coefficient (Wildman–Crippen LogP) is 3.99. The Hall–Kier alpha value is -3.45.